The van der Waals surface area contributed by atoms with Crippen molar-refractivity contribution in [1.82, 2.24) is 0 Å². The minimum Gasteiger partial charge on any atom is -0.454 e. The first-order valence-corrected chi connectivity index (χ1v) is 4.74. The van der Waals surface area contributed by atoms with E-state index in [-0.39, 0.29) is 13.2 Å². The highest BCUT2D eigenvalue weighted by molar-refractivity contribution is 6.32. The van der Waals surface area contributed by atoms with E-state index in [1.807, 2.05) is 6.07 Å². The first-order valence-electron chi connectivity index (χ1n) is 4.36. The SMILES string of the molecule is N#CCC(O)c1cc(Cl)c2c(c1)OCO2. The van der Waals surface area contributed by atoms with Gasteiger partial charge in [-0.25, -0.2) is 0 Å². The monoisotopic (exact) mass is 225 g/mol. The Bertz CT molecular complexity index is 427. The van der Waals surface area contributed by atoms with Gasteiger partial charge in [0.1, 0.15) is 0 Å². The number of aliphatic hydroxyl groups is 1. The van der Waals surface area contributed by atoms with E-state index < -0.39 is 6.10 Å². The number of halogens is 1. The molecule has 1 unspecified atom stereocenters. The summed E-state index contributed by atoms with van der Waals surface area (Å²) in [6.07, 6.45) is -0.822. The molecule has 15 heavy (non-hydrogen) atoms. The van der Waals surface area contributed by atoms with Crippen molar-refractivity contribution >= 4 is 11.6 Å². The molecule has 2 rings (SSSR count). The van der Waals surface area contributed by atoms with Gasteiger partial charge < -0.3 is 14.6 Å². The van der Waals surface area contributed by atoms with Crippen LogP contribution in [0.3, 0.4) is 0 Å². The predicted octanol–water partition coefficient (Wildman–Crippen LogP) is 2.02. The second kappa shape index (κ2) is 3.97. The normalized spacial score (nSPS) is 14.7. The van der Waals surface area contributed by atoms with E-state index >= 15 is 0 Å². The van der Waals surface area contributed by atoms with Crippen molar-refractivity contribution in [3.8, 4) is 17.6 Å². The fourth-order valence-electron chi connectivity index (χ4n) is 1.38. The number of aliphatic hydroxyl groups excluding tert-OH is 1. The summed E-state index contributed by atoms with van der Waals surface area (Å²) < 4.78 is 10.3. The molecule has 1 heterocycles. The lowest BCUT2D eigenvalue weighted by atomic mass is 10.1. The lowest BCUT2D eigenvalue weighted by Gasteiger charge is -2.08. The Hall–Kier alpha value is -1.44. The van der Waals surface area contributed by atoms with Crippen LogP contribution in [0.15, 0.2) is 12.1 Å². The molecule has 1 aromatic rings. The number of nitriles is 1. The van der Waals surface area contributed by atoms with Crippen LogP contribution >= 0.6 is 11.6 Å². The van der Waals surface area contributed by atoms with Crippen LogP contribution in [-0.4, -0.2) is 11.9 Å². The van der Waals surface area contributed by atoms with Gasteiger partial charge in [-0.15, -0.1) is 0 Å². The minimum absolute atomic E-state index is 0.0238. The molecule has 0 saturated heterocycles. The summed E-state index contributed by atoms with van der Waals surface area (Å²) in [6.45, 7) is 0.132. The highest BCUT2D eigenvalue weighted by atomic mass is 35.5. The van der Waals surface area contributed by atoms with E-state index in [1.54, 1.807) is 12.1 Å². The molecule has 78 valence electrons. The number of rotatable bonds is 2. The average Bonchev–Trinajstić information content (AvgIpc) is 2.66. The topological polar surface area (TPSA) is 62.5 Å². The summed E-state index contributed by atoms with van der Waals surface area (Å²) in [7, 11) is 0. The van der Waals surface area contributed by atoms with E-state index in [4.69, 9.17) is 26.3 Å². The molecule has 0 spiro atoms. The van der Waals surface area contributed by atoms with Crippen molar-refractivity contribution in [2.45, 2.75) is 12.5 Å². The van der Waals surface area contributed by atoms with Gasteiger partial charge in [0.15, 0.2) is 11.5 Å². The van der Waals surface area contributed by atoms with E-state index in [2.05, 4.69) is 0 Å². The van der Waals surface area contributed by atoms with Crippen LogP contribution in [0.25, 0.3) is 0 Å². The van der Waals surface area contributed by atoms with Gasteiger partial charge in [0.2, 0.25) is 6.79 Å². The van der Waals surface area contributed by atoms with Gasteiger partial charge in [-0.05, 0) is 17.7 Å². The molecule has 1 aromatic carbocycles. The molecule has 4 nitrogen and oxygen atoms in total. The Kier molecular flexibility index (Phi) is 2.67. The predicted molar refractivity (Wildman–Crippen MR) is 52.8 cm³/mol. The maximum Gasteiger partial charge on any atom is 0.231 e. The average molecular weight is 226 g/mol. The zero-order valence-electron chi connectivity index (χ0n) is 7.74. The van der Waals surface area contributed by atoms with Crippen molar-refractivity contribution in [2.75, 3.05) is 6.79 Å². The molecule has 0 aliphatic carbocycles. The van der Waals surface area contributed by atoms with Crippen molar-refractivity contribution in [3.05, 3.63) is 22.7 Å². The van der Waals surface area contributed by atoms with Crippen molar-refractivity contribution in [1.29, 1.82) is 5.26 Å². The van der Waals surface area contributed by atoms with Gasteiger partial charge in [-0.1, -0.05) is 11.6 Å². The molecule has 1 aliphatic heterocycles. The third-order valence-electron chi connectivity index (χ3n) is 2.12. The molecular formula is C10H8ClNO3. The highest BCUT2D eigenvalue weighted by Gasteiger charge is 2.20. The Balaban J connectivity index is 2.36. The number of benzene rings is 1. The standard InChI is InChI=1S/C10H8ClNO3/c11-7-3-6(8(13)1-2-12)4-9-10(7)15-5-14-9/h3-4,8,13H,1,5H2. The number of ether oxygens (including phenoxy) is 2. The van der Waals surface area contributed by atoms with Crippen LogP contribution in [0.4, 0.5) is 0 Å². The molecule has 1 atom stereocenters. The number of nitrogens with zero attached hydrogens (tertiary/aromatic N) is 1. The van der Waals surface area contributed by atoms with Crippen molar-refractivity contribution in [3.63, 3.8) is 0 Å². The third-order valence-corrected chi connectivity index (χ3v) is 2.40. The van der Waals surface area contributed by atoms with Crippen molar-refractivity contribution < 1.29 is 14.6 Å². The van der Waals surface area contributed by atoms with Gasteiger partial charge in [0.25, 0.3) is 0 Å². The van der Waals surface area contributed by atoms with Crippen molar-refractivity contribution in [2.24, 2.45) is 0 Å². The zero-order valence-corrected chi connectivity index (χ0v) is 8.49. The second-order valence-electron chi connectivity index (χ2n) is 3.11. The Labute approximate surface area is 91.6 Å². The molecule has 1 N–H and O–H groups in total. The molecule has 1 aliphatic rings. The van der Waals surface area contributed by atoms with E-state index in [1.165, 1.54) is 0 Å². The quantitative estimate of drug-likeness (QED) is 0.837. The third kappa shape index (κ3) is 1.84. The summed E-state index contributed by atoms with van der Waals surface area (Å²) in [6, 6.07) is 5.10. The van der Waals surface area contributed by atoms with Crippen LogP contribution in [0.5, 0.6) is 11.5 Å². The molecule has 0 aromatic heterocycles. The summed E-state index contributed by atoms with van der Waals surface area (Å²) >= 11 is 5.92. The summed E-state index contributed by atoms with van der Waals surface area (Å²) in [5.41, 5.74) is 0.561. The number of hydrogen-bond donors (Lipinski definition) is 1. The maximum absolute atomic E-state index is 9.60. The number of fused-ring (bicyclic) bond motifs is 1. The summed E-state index contributed by atoms with van der Waals surface area (Å²) in [4.78, 5) is 0. The fourth-order valence-corrected chi connectivity index (χ4v) is 1.66. The Morgan fingerprint density at radius 1 is 1.53 bits per heavy atom. The van der Waals surface area contributed by atoms with Gasteiger partial charge in [-0.3, -0.25) is 0 Å². The largest absolute Gasteiger partial charge is 0.454 e. The highest BCUT2D eigenvalue weighted by Crippen LogP contribution is 2.41. The molecule has 0 radical (unpaired) electrons. The second-order valence-corrected chi connectivity index (χ2v) is 3.52. The number of hydrogen-bond acceptors (Lipinski definition) is 4. The Morgan fingerprint density at radius 3 is 3.07 bits per heavy atom. The minimum atomic E-state index is -0.845. The van der Waals surface area contributed by atoms with Gasteiger partial charge >= 0.3 is 0 Å². The van der Waals surface area contributed by atoms with Gasteiger partial charge in [0, 0.05) is 0 Å². The van der Waals surface area contributed by atoms with E-state index in [0.29, 0.717) is 22.1 Å². The first kappa shape index (κ1) is 10.1. The maximum atomic E-state index is 9.60. The van der Waals surface area contributed by atoms with Crippen LogP contribution in [0.2, 0.25) is 5.02 Å². The lowest BCUT2D eigenvalue weighted by Crippen LogP contribution is -1.96. The molecule has 0 saturated carbocycles. The summed E-state index contributed by atoms with van der Waals surface area (Å²) in [5.74, 6) is 0.999. The molecule has 0 fully saturated rings. The lowest BCUT2D eigenvalue weighted by molar-refractivity contribution is 0.172. The molecule has 0 bridgehead atoms. The molecular weight excluding hydrogens is 218 g/mol. The smallest absolute Gasteiger partial charge is 0.231 e. The van der Waals surface area contributed by atoms with Gasteiger partial charge in [0.05, 0.1) is 23.6 Å². The summed E-state index contributed by atoms with van der Waals surface area (Å²) in [5, 5.41) is 18.4. The van der Waals surface area contributed by atoms with Crippen LogP contribution in [0, 0.1) is 11.3 Å². The van der Waals surface area contributed by atoms with Crippen LogP contribution in [0.1, 0.15) is 18.1 Å². The van der Waals surface area contributed by atoms with E-state index in [0.717, 1.165) is 0 Å². The molecule has 5 heteroatoms. The zero-order chi connectivity index (χ0) is 10.8. The van der Waals surface area contributed by atoms with Crippen LogP contribution in [-0.2, 0) is 0 Å². The molecule has 0 amide bonds. The first-order chi connectivity index (χ1) is 7.22. The van der Waals surface area contributed by atoms with Gasteiger partial charge in [-0.2, -0.15) is 5.26 Å². The van der Waals surface area contributed by atoms with Crippen LogP contribution < -0.4 is 9.47 Å². The fraction of sp³-hybridized carbons (Fsp3) is 0.300. The Morgan fingerprint density at radius 2 is 2.33 bits per heavy atom. The van der Waals surface area contributed by atoms with E-state index in [9.17, 15) is 5.11 Å².